The van der Waals surface area contributed by atoms with Crippen molar-refractivity contribution in [1.29, 1.82) is 0 Å². The van der Waals surface area contributed by atoms with E-state index in [-0.39, 0.29) is 17.0 Å². The Kier molecular flexibility index (Phi) is 3.15. The quantitative estimate of drug-likeness (QED) is 0.805. The highest BCUT2D eigenvalue weighted by atomic mass is 32.2. The fourth-order valence-corrected chi connectivity index (χ4v) is 5.85. The van der Waals surface area contributed by atoms with Gasteiger partial charge in [-0.3, -0.25) is 4.79 Å². The van der Waals surface area contributed by atoms with Gasteiger partial charge >= 0.3 is 0 Å². The number of nitrogens with one attached hydrogen (secondary N) is 1. The van der Waals surface area contributed by atoms with Crippen molar-refractivity contribution in [3.63, 3.8) is 0 Å². The summed E-state index contributed by atoms with van der Waals surface area (Å²) in [6.45, 7) is 5.51. The molecule has 20 heavy (non-hydrogen) atoms. The van der Waals surface area contributed by atoms with Crippen LogP contribution in [0.2, 0.25) is 0 Å². The molecule has 1 atom stereocenters. The zero-order chi connectivity index (χ0) is 14.6. The van der Waals surface area contributed by atoms with E-state index in [1.54, 1.807) is 8.61 Å². The van der Waals surface area contributed by atoms with E-state index in [2.05, 4.69) is 5.32 Å². The molecule has 3 saturated heterocycles. The summed E-state index contributed by atoms with van der Waals surface area (Å²) in [5.74, 6) is 0.0470. The van der Waals surface area contributed by atoms with Crippen LogP contribution >= 0.6 is 0 Å². The molecule has 7 heteroatoms. The third kappa shape index (κ3) is 2.16. The van der Waals surface area contributed by atoms with Gasteiger partial charge in [-0.2, -0.15) is 17.0 Å². The lowest BCUT2D eigenvalue weighted by Gasteiger charge is -2.34. The molecule has 3 aliphatic rings. The second-order valence-corrected chi connectivity index (χ2v) is 8.76. The largest absolute Gasteiger partial charge is 0.349 e. The number of hydrogen-bond acceptors (Lipinski definition) is 3. The lowest BCUT2D eigenvalue weighted by Crippen LogP contribution is -2.51. The Bertz CT molecular complexity index is 531. The van der Waals surface area contributed by atoms with E-state index in [0.717, 1.165) is 25.7 Å². The van der Waals surface area contributed by atoms with Crippen LogP contribution in [0.5, 0.6) is 0 Å². The Morgan fingerprint density at radius 3 is 2.45 bits per heavy atom. The predicted octanol–water partition coefficient (Wildman–Crippen LogP) is 0.460. The molecule has 3 rings (SSSR count). The zero-order valence-corrected chi connectivity index (χ0v) is 13.0. The maximum absolute atomic E-state index is 12.8. The van der Waals surface area contributed by atoms with Crippen LogP contribution in [0.4, 0.5) is 0 Å². The molecule has 0 aromatic heterocycles. The molecule has 0 aliphatic carbocycles. The SMILES string of the molecule is CC1(C)CCCN1S(=O)(=O)N1CCC2(CCC(=O)N2)C1. The van der Waals surface area contributed by atoms with Crippen molar-refractivity contribution in [1.82, 2.24) is 13.9 Å². The normalized spacial score (nSPS) is 35.0. The molecule has 0 aromatic carbocycles. The Hall–Kier alpha value is -0.660. The summed E-state index contributed by atoms with van der Waals surface area (Å²) in [6.07, 6.45) is 3.82. The van der Waals surface area contributed by atoms with Crippen LogP contribution in [0.3, 0.4) is 0 Å². The van der Waals surface area contributed by atoms with Crippen LogP contribution in [0, 0.1) is 0 Å². The molecule has 0 radical (unpaired) electrons. The summed E-state index contributed by atoms with van der Waals surface area (Å²) in [5.41, 5.74) is -0.610. The number of carbonyl (C=O) groups excluding carboxylic acids is 1. The Morgan fingerprint density at radius 1 is 1.15 bits per heavy atom. The van der Waals surface area contributed by atoms with E-state index < -0.39 is 10.2 Å². The minimum absolute atomic E-state index is 0.0470. The van der Waals surface area contributed by atoms with Crippen LogP contribution in [0.25, 0.3) is 0 Å². The Balaban J connectivity index is 1.79. The molecular weight excluding hydrogens is 278 g/mol. The molecule has 0 aromatic rings. The maximum Gasteiger partial charge on any atom is 0.282 e. The van der Waals surface area contributed by atoms with E-state index in [1.807, 2.05) is 13.8 Å². The molecular formula is C13H23N3O3S. The average molecular weight is 301 g/mol. The molecule has 3 aliphatic heterocycles. The molecule has 6 nitrogen and oxygen atoms in total. The summed E-state index contributed by atoms with van der Waals surface area (Å²) >= 11 is 0. The first kappa shape index (κ1) is 14.3. The standard InChI is InChI=1S/C13H23N3O3S/c1-12(2)5-3-8-16(12)20(18,19)15-9-7-13(10-15)6-4-11(17)14-13/h3-10H2,1-2H3,(H,14,17). The van der Waals surface area contributed by atoms with E-state index in [9.17, 15) is 13.2 Å². The summed E-state index contributed by atoms with van der Waals surface area (Å²) in [5, 5.41) is 2.98. The van der Waals surface area contributed by atoms with Crippen LogP contribution in [0.15, 0.2) is 0 Å². The van der Waals surface area contributed by atoms with Crippen LogP contribution in [-0.2, 0) is 15.0 Å². The third-order valence-electron chi connectivity index (χ3n) is 4.98. The van der Waals surface area contributed by atoms with E-state index in [1.165, 1.54) is 0 Å². The van der Waals surface area contributed by atoms with Crippen molar-refractivity contribution in [3.05, 3.63) is 0 Å². The van der Waals surface area contributed by atoms with Crippen LogP contribution < -0.4 is 5.32 Å². The van der Waals surface area contributed by atoms with E-state index in [0.29, 0.717) is 26.1 Å². The number of nitrogens with zero attached hydrogens (tertiary/aromatic N) is 2. The van der Waals surface area contributed by atoms with Gasteiger partial charge in [0.2, 0.25) is 5.91 Å². The van der Waals surface area contributed by atoms with Gasteiger partial charge in [-0.25, -0.2) is 0 Å². The molecule has 1 unspecified atom stereocenters. The number of rotatable bonds is 2. The van der Waals surface area contributed by atoms with Crippen molar-refractivity contribution in [2.45, 2.75) is 57.0 Å². The van der Waals surface area contributed by atoms with Crippen molar-refractivity contribution in [2.24, 2.45) is 0 Å². The maximum atomic E-state index is 12.8. The Morgan fingerprint density at radius 2 is 1.90 bits per heavy atom. The molecule has 0 bridgehead atoms. The number of amides is 1. The predicted molar refractivity (Wildman–Crippen MR) is 75.2 cm³/mol. The highest BCUT2D eigenvalue weighted by Gasteiger charge is 2.50. The summed E-state index contributed by atoms with van der Waals surface area (Å²) in [7, 11) is -3.41. The van der Waals surface area contributed by atoms with Gasteiger partial charge in [0, 0.05) is 31.6 Å². The molecule has 1 N–H and O–H groups in total. The second kappa shape index (κ2) is 4.42. The Labute approximate surface area is 120 Å². The van der Waals surface area contributed by atoms with Crippen molar-refractivity contribution < 1.29 is 13.2 Å². The molecule has 3 fully saturated rings. The van der Waals surface area contributed by atoms with Crippen LogP contribution in [-0.4, -0.2) is 53.6 Å². The number of carbonyl (C=O) groups is 1. The zero-order valence-electron chi connectivity index (χ0n) is 12.2. The van der Waals surface area contributed by atoms with E-state index in [4.69, 9.17) is 0 Å². The van der Waals surface area contributed by atoms with E-state index >= 15 is 0 Å². The molecule has 114 valence electrons. The fourth-order valence-electron chi connectivity index (χ4n) is 3.76. The van der Waals surface area contributed by atoms with Gasteiger partial charge in [0.15, 0.2) is 0 Å². The highest BCUT2D eigenvalue weighted by Crippen LogP contribution is 2.37. The van der Waals surface area contributed by atoms with Crippen molar-refractivity contribution in [2.75, 3.05) is 19.6 Å². The lowest BCUT2D eigenvalue weighted by molar-refractivity contribution is -0.119. The summed E-state index contributed by atoms with van der Waals surface area (Å²) in [6, 6.07) is 0. The fraction of sp³-hybridized carbons (Fsp3) is 0.923. The second-order valence-electron chi connectivity index (χ2n) is 6.91. The first-order valence-electron chi connectivity index (χ1n) is 7.34. The molecule has 0 saturated carbocycles. The third-order valence-corrected chi connectivity index (χ3v) is 7.18. The highest BCUT2D eigenvalue weighted by molar-refractivity contribution is 7.86. The van der Waals surface area contributed by atoms with Crippen molar-refractivity contribution in [3.8, 4) is 0 Å². The average Bonchev–Trinajstić information content (AvgIpc) is 3.01. The van der Waals surface area contributed by atoms with Gasteiger partial charge in [-0.15, -0.1) is 0 Å². The minimum Gasteiger partial charge on any atom is -0.349 e. The van der Waals surface area contributed by atoms with Crippen molar-refractivity contribution >= 4 is 16.1 Å². The van der Waals surface area contributed by atoms with Gasteiger partial charge in [0.25, 0.3) is 10.2 Å². The summed E-state index contributed by atoms with van der Waals surface area (Å²) < 4.78 is 28.8. The topological polar surface area (TPSA) is 69.7 Å². The van der Waals surface area contributed by atoms with Gasteiger partial charge < -0.3 is 5.32 Å². The smallest absolute Gasteiger partial charge is 0.282 e. The van der Waals surface area contributed by atoms with Gasteiger partial charge in [0.1, 0.15) is 0 Å². The first-order valence-corrected chi connectivity index (χ1v) is 8.74. The van der Waals surface area contributed by atoms with Crippen LogP contribution in [0.1, 0.15) is 46.0 Å². The first-order chi connectivity index (χ1) is 9.25. The van der Waals surface area contributed by atoms with Gasteiger partial charge in [0.05, 0.1) is 5.54 Å². The van der Waals surface area contributed by atoms with Gasteiger partial charge in [-0.05, 0) is 39.5 Å². The lowest BCUT2D eigenvalue weighted by atomic mass is 9.97. The number of hydrogen-bond donors (Lipinski definition) is 1. The van der Waals surface area contributed by atoms with Gasteiger partial charge in [-0.1, -0.05) is 0 Å². The molecule has 1 spiro atoms. The molecule has 1 amide bonds. The monoisotopic (exact) mass is 301 g/mol. The molecule has 3 heterocycles. The summed E-state index contributed by atoms with van der Waals surface area (Å²) in [4.78, 5) is 11.4. The minimum atomic E-state index is -3.41.